The van der Waals surface area contributed by atoms with Crippen LogP contribution in [0.4, 0.5) is 10.6 Å². The van der Waals surface area contributed by atoms with Crippen molar-refractivity contribution in [1.82, 2.24) is 9.88 Å². The number of nitrogens with zero attached hydrogens (tertiary/aromatic N) is 4. The fraction of sp³-hybridized carbons (Fsp3) is 0.273. The summed E-state index contributed by atoms with van der Waals surface area (Å²) in [6, 6.07) is 5.02. The molecule has 0 radical (unpaired) electrons. The van der Waals surface area contributed by atoms with E-state index in [1.165, 1.54) is 17.2 Å². The Hall–Kier alpha value is -2.62. The molecule has 18 heavy (non-hydrogen) atoms. The molecule has 2 heterocycles. The zero-order chi connectivity index (χ0) is 13.1. The predicted octanol–water partition coefficient (Wildman–Crippen LogP) is 0.280. The number of piperazine rings is 1. The summed E-state index contributed by atoms with van der Waals surface area (Å²) in [5.41, 5.74) is 0.411. The van der Waals surface area contributed by atoms with Crippen molar-refractivity contribution in [2.45, 2.75) is 0 Å². The molecule has 92 valence electrons. The Bertz CT molecular complexity index is 537. The average molecular weight is 246 g/mol. The Morgan fingerprint density at radius 2 is 2.28 bits per heavy atom. The molecule has 7 heteroatoms. The van der Waals surface area contributed by atoms with Crippen molar-refractivity contribution in [3.8, 4) is 6.07 Å². The monoisotopic (exact) mass is 246 g/mol. The highest BCUT2D eigenvalue weighted by Crippen LogP contribution is 2.15. The van der Waals surface area contributed by atoms with Gasteiger partial charge in [0.2, 0.25) is 5.91 Å². The van der Waals surface area contributed by atoms with Gasteiger partial charge in [-0.3, -0.25) is 14.6 Å². The second kappa shape index (κ2) is 4.71. The van der Waals surface area contributed by atoms with E-state index in [1.807, 2.05) is 6.07 Å². The topological polar surface area (TPSA) is 97.5 Å². The molecule has 0 spiro atoms. The first kappa shape index (κ1) is 11.9. The Morgan fingerprint density at radius 1 is 1.50 bits per heavy atom. The van der Waals surface area contributed by atoms with Gasteiger partial charge in [-0.05, 0) is 12.1 Å². The molecule has 0 aliphatic carbocycles. The van der Waals surface area contributed by atoms with Gasteiger partial charge in [-0.1, -0.05) is 0 Å². The number of hydrogen-bond donors (Lipinski definition) is 1. The zero-order valence-electron chi connectivity index (χ0n) is 9.41. The van der Waals surface area contributed by atoms with Crippen LogP contribution in [0, 0.1) is 11.3 Å². The molecule has 1 saturated heterocycles. The number of rotatable bonds is 1. The van der Waals surface area contributed by atoms with Crippen LogP contribution in [0.2, 0.25) is 0 Å². The van der Waals surface area contributed by atoms with Crippen molar-refractivity contribution in [3.63, 3.8) is 0 Å². The van der Waals surface area contributed by atoms with Gasteiger partial charge in [0.1, 0.15) is 12.4 Å². The molecule has 1 aliphatic heterocycles. The second-order valence-electron chi connectivity index (χ2n) is 3.76. The second-order valence-corrected chi connectivity index (χ2v) is 3.76. The molecule has 1 aliphatic rings. The average Bonchev–Trinajstić information content (AvgIpc) is 2.38. The lowest BCUT2D eigenvalue weighted by Crippen LogP contribution is -2.52. The summed E-state index contributed by atoms with van der Waals surface area (Å²) in [5.74, 6) is 0.0373. The lowest BCUT2D eigenvalue weighted by Gasteiger charge is -2.31. The van der Waals surface area contributed by atoms with E-state index in [4.69, 9.17) is 10.4 Å². The lowest BCUT2D eigenvalue weighted by molar-refractivity contribution is -0.120. The van der Waals surface area contributed by atoms with E-state index in [2.05, 4.69) is 4.98 Å². The molecule has 2 amide bonds. The van der Waals surface area contributed by atoms with E-state index < -0.39 is 6.09 Å². The molecule has 0 bridgehead atoms. The summed E-state index contributed by atoms with van der Waals surface area (Å²) in [4.78, 5) is 29.0. The van der Waals surface area contributed by atoms with Crippen LogP contribution in [0.3, 0.4) is 0 Å². The van der Waals surface area contributed by atoms with Gasteiger partial charge in [-0.15, -0.1) is 0 Å². The molecule has 0 atom stereocenters. The molecular formula is C11H10N4O3. The van der Waals surface area contributed by atoms with Gasteiger partial charge in [-0.25, -0.2) is 9.78 Å². The maximum absolute atomic E-state index is 11.8. The smallest absolute Gasteiger partial charge is 0.407 e. The van der Waals surface area contributed by atoms with Crippen LogP contribution in [0.15, 0.2) is 18.3 Å². The highest BCUT2D eigenvalue weighted by Gasteiger charge is 2.28. The van der Waals surface area contributed by atoms with Gasteiger partial charge in [0.05, 0.1) is 11.6 Å². The molecule has 2 rings (SSSR count). The fourth-order valence-corrected chi connectivity index (χ4v) is 1.71. The normalized spacial score (nSPS) is 15.4. The molecule has 1 fully saturated rings. The number of anilines is 1. The third kappa shape index (κ3) is 2.22. The minimum Gasteiger partial charge on any atom is -0.465 e. The van der Waals surface area contributed by atoms with Crippen LogP contribution in [0.5, 0.6) is 0 Å². The quantitative estimate of drug-likeness (QED) is 0.767. The molecule has 0 aromatic carbocycles. The van der Waals surface area contributed by atoms with Crippen LogP contribution in [-0.4, -0.2) is 46.6 Å². The first-order chi connectivity index (χ1) is 8.61. The fourth-order valence-electron chi connectivity index (χ4n) is 1.71. The van der Waals surface area contributed by atoms with Crippen LogP contribution in [0.25, 0.3) is 0 Å². The Morgan fingerprint density at radius 3 is 2.89 bits per heavy atom. The Balaban J connectivity index is 2.18. The Kier molecular flexibility index (Phi) is 3.10. The van der Waals surface area contributed by atoms with Gasteiger partial charge in [-0.2, -0.15) is 5.26 Å². The number of carbonyl (C=O) groups excluding carboxylic acids is 1. The van der Waals surface area contributed by atoms with Crippen LogP contribution >= 0.6 is 0 Å². The van der Waals surface area contributed by atoms with E-state index in [0.717, 1.165) is 4.90 Å². The summed E-state index contributed by atoms with van der Waals surface area (Å²) in [6.07, 6.45) is 0.340. The largest absolute Gasteiger partial charge is 0.465 e. The van der Waals surface area contributed by atoms with E-state index in [1.54, 1.807) is 6.07 Å². The van der Waals surface area contributed by atoms with Crippen molar-refractivity contribution in [2.24, 2.45) is 0 Å². The number of hydrogen-bond acceptors (Lipinski definition) is 4. The predicted molar refractivity (Wildman–Crippen MR) is 60.9 cm³/mol. The highest BCUT2D eigenvalue weighted by atomic mass is 16.4. The number of pyridine rings is 1. The highest BCUT2D eigenvalue weighted by molar-refractivity contribution is 5.96. The molecule has 7 nitrogen and oxygen atoms in total. The number of nitriles is 1. The minimum absolute atomic E-state index is 0.187. The van der Waals surface area contributed by atoms with Gasteiger partial charge >= 0.3 is 6.09 Å². The van der Waals surface area contributed by atoms with E-state index >= 15 is 0 Å². The van der Waals surface area contributed by atoms with E-state index in [-0.39, 0.29) is 25.5 Å². The van der Waals surface area contributed by atoms with Gasteiger partial charge < -0.3 is 5.11 Å². The third-order valence-electron chi connectivity index (χ3n) is 2.64. The molecule has 1 aromatic heterocycles. The molecule has 0 unspecified atom stereocenters. The third-order valence-corrected chi connectivity index (χ3v) is 2.64. The number of amides is 2. The van der Waals surface area contributed by atoms with Crippen molar-refractivity contribution >= 4 is 17.8 Å². The SMILES string of the molecule is N#Cc1ccnc(N2CCN(C(=O)O)CC2=O)c1. The zero-order valence-corrected chi connectivity index (χ0v) is 9.41. The van der Waals surface area contributed by atoms with E-state index in [0.29, 0.717) is 11.4 Å². The number of aromatic nitrogens is 1. The van der Waals surface area contributed by atoms with Crippen LogP contribution in [-0.2, 0) is 4.79 Å². The van der Waals surface area contributed by atoms with E-state index in [9.17, 15) is 9.59 Å². The summed E-state index contributed by atoms with van der Waals surface area (Å²) in [6.45, 7) is 0.292. The minimum atomic E-state index is -1.11. The molecule has 1 aromatic rings. The number of carboxylic acid groups (broad SMARTS) is 1. The van der Waals surface area contributed by atoms with Gasteiger partial charge in [0.15, 0.2) is 0 Å². The first-order valence-electron chi connectivity index (χ1n) is 5.26. The summed E-state index contributed by atoms with van der Waals surface area (Å²) < 4.78 is 0. The lowest BCUT2D eigenvalue weighted by atomic mass is 10.2. The Labute approximate surface area is 103 Å². The maximum Gasteiger partial charge on any atom is 0.407 e. The van der Waals surface area contributed by atoms with Gasteiger partial charge in [0, 0.05) is 19.3 Å². The molecule has 1 N–H and O–H groups in total. The van der Waals surface area contributed by atoms with Gasteiger partial charge in [0.25, 0.3) is 0 Å². The number of carbonyl (C=O) groups is 2. The maximum atomic E-state index is 11.8. The van der Waals surface area contributed by atoms with Crippen molar-refractivity contribution in [3.05, 3.63) is 23.9 Å². The summed E-state index contributed by atoms with van der Waals surface area (Å²) >= 11 is 0. The standard InChI is InChI=1S/C11H10N4O3/c12-6-8-1-2-13-9(5-8)15-4-3-14(11(17)18)7-10(15)16/h1-2,5H,3-4,7H2,(H,17,18). The molecule has 0 saturated carbocycles. The summed E-state index contributed by atoms with van der Waals surface area (Å²) in [5, 5.41) is 17.6. The van der Waals surface area contributed by atoms with Crippen molar-refractivity contribution in [2.75, 3.05) is 24.5 Å². The van der Waals surface area contributed by atoms with Crippen molar-refractivity contribution < 1.29 is 14.7 Å². The molecular weight excluding hydrogens is 236 g/mol. The van der Waals surface area contributed by atoms with Crippen LogP contribution in [0.1, 0.15) is 5.56 Å². The van der Waals surface area contributed by atoms with Crippen LogP contribution < -0.4 is 4.90 Å². The van der Waals surface area contributed by atoms with Crippen molar-refractivity contribution in [1.29, 1.82) is 5.26 Å². The summed E-state index contributed by atoms with van der Waals surface area (Å²) in [7, 11) is 0. The first-order valence-corrected chi connectivity index (χ1v) is 5.26.